The molecule has 0 N–H and O–H groups in total. The van der Waals surface area contributed by atoms with Gasteiger partial charge in [-0.25, -0.2) is 13.4 Å². The minimum atomic E-state index is -3.30. The predicted molar refractivity (Wildman–Crippen MR) is 109 cm³/mol. The van der Waals surface area contributed by atoms with Crippen LogP contribution < -0.4 is 0 Å². The van der Waals surface area contributed by atoms with E-state index in [2.05, 4.69) is 9.55 Å². The fraction of sp³-hybridized carbons (Fsp3) is 0.400. The van der Waals surface area contributed by atoms with Gasteiger partial charge in [-0.1, -0.05) is 18.7 Å². The van der Waals surface area contributed by atoms with Gasteiger partial charge in [-0.15, -0.1) is 0 Å². The van der Waals surface area contributed by atoms with E-state index in [1.165, 1.54) is 36.7 Å². The number of rotatable bonds is 7. The van der Waals surface area contributed by atoms with Crippen LogP contribution in [0.3, 0.4) is 0 Å². The second-order valence-electron chi connectivity index (χ2n) is 7.11. The highest BCUT2D eigenvalue weighted by atomic mass is 32.2. The lowest BCUT2D eigenvalue weighted by atomic mass is 10.2. The monoisotopic (exact) mass is 418 g/mol. The minimum Gasteiger partial charge on any atom is -0.431 e. The maximum absolute atomic E-state index is 12.7. The number of carbonyl (C=O) groups is 1. The molecule has 6 nitrogen and oxygen atoms in total. The molecule has 0 spiro atoms. The van der Waals surface area contributed by atoms with Crippen LogP contribution in [0, 0.1) is 13.8 Å². The third kappa shape index (κ3) is 3.51. The summed E-state index contributed by atoms with van der Waals surface area (Å²) in [5.41, 5.74) is 3.90. The largest absolute Gasteiger partial charge is 0.431 e. The molecule has 1 fully saturated rings. The second-order valence-corrected chi connectivity index (χ2v) is 10.3. The molecule has 1 aliphatic carbocycles. The van der Waals surface area contributed by atoms with E-state index in [1.54, 1.807) is 13.0 Å². The number of oxazole rings is 1. The SMILES string of the molecule is CCS(=O)(=O)c1ccc2oc(SCC(=O)c3cc(C)n(C4CC4)c3C)nc2c1. The Balaban J connectivity index is 1.51. The second kappa shape index (κ2) is 7.08. The number of hydrogen-bond acceptors (Lipinski definition) is 6. The molecular weight excluding hydrogens is 396 g/mol. The summed E-state index contributed by atoms with van der Waals surface area (Å²) in [5.74, 6) is 0.301. The van der Waals surface area contributed by atoms with E-state index in [4.69, 9.17) is 4.42 Å². The van der Waals surface area contributed by atoms with Crippen molar-refractivity contribution in [3.63, 3.8) is 0 Å². The summed E-state index contributed by atoms with van der Waals surface area (Å²) in [6.07, 6.45) is 2.36. The highest BCUT2D eigenvalue weighted by Gasteiger charge is 2.28. The van der Waals surface area contributed by atoms with E-state index in [-0.39, 0.29) is 22.2 Å². The highest BCUT2D eigenvalue weighted by Crippen LogP contribution is 2.38. The number of ketones is 1. The Hall–Kier alpha value is -2.06. The summed E-state index contributed by atoms with van der Waals surface area (Å²) in [7, 11) is -3.30. The molecule has 4 rings (SSSR count). The van der Waals surface area contributed by atoms with Gasteiger partial charge in [-0.3, -0.25) is 4.79 Å². The average Bonchev–Trinajstić information content (AvgIpc) is 3.33. The Morgan fingerprint density at radius 2 is 2.04 bits per heavy atom. The van der Waals surface area contributed by atoms with Gasteiger partial charge in [-0.05, 0) is 51.0 Å². The van der Waals surface area contributed by atoms with Crippen molar-refractivity contribution in [2.45, 2.75) is 49.8 Å². The van der Waals surface area contributed by atoms with Crippen molar-refractivity contribution in [2.75, 3.05) is 11.5 Å². The van der Waals surface area contributed by atoms with E-state index in [0.29, 0.717) is 22.4 Å². The van der Waals surface area contributed by atoms with Crippen LogP contribution in [-0.2, 0) is 9.84 Å². The average molecular weight is 419 g/mol. The van der Waals surface area contributed by atoms with E-state index in [1.807, 2.05) is 19.9 Å². The van der Waals surface area contributed by atoms with E-state index < -0.39 is 9.84 Å². The predicted octanol–water partition coefficient (Wildman–Crippen LogP) is 4.35. The van der Waals surface area contributed by atoms with Gasteiger partial charge in [0.2, 0.25) is 0 Å². The van der Waals surface area contributed by atoms with E-state index >= 15 is 0 Å². The van der Waals surface area contributed by atoms with Crippen molar-refractivity contribution in [3.05, 3.63) is 41.2 Å². The molecular formula is C20H22N2O4S2. The number of benzene rings is 1. The van der Waals surface area contributed by atoms with Crippen LogP contribution in [0.15, 0.2) is 38.8 Å². The zero-order valence-corrected chi connectivity index (χ0v) is 17.7. The van der Waals surface area contributed by atoms with Crippen LogP contribution in [0.25, 0.3) is 11.1 Å². The summed E-state index contributed by atoms with van der Waals surface area (Å²) in [5, 5.41) is 0.366. The molecule has 1 aromatic carbocycles. The molecule has 0 bridgehead atoms. The molecule has 2 aromatic heterocycles. The number of hydrogen-bond donors (Lipinski definition) is 0. The molecule has 1 aliphatic rings. The zero-order valence-electron chi connectivity index (χ0n) is 16.1. The standard InChI is InChI=1S/C20H22N2O4S2/c1-4-28(24,25)15-7-8-19-17(10-15)21-20(26-19)27-11-18(23)16-9-12(2)22(13(16)3)14-5-6-14/h7-10,14H,4-6,11H2,1-3H3. The molecule has 0 radical (unpaired) electrons. The summed E-state index contributed by atoms with van der Waals surface area (Å²) in [4.78, 5) is 17.3. The first-order valence-corrected chi connectivity index (χ1v) is 11.9. The molecule has 2 heterocycles. The topological polar surface area (TPSA) is 82.2 Å². The minimum absolute atomic E-state index is 0.0335. The maximum Gasteiger partial charge on any atom is 0.257 e. The summed E-state index contributed by atoms with van der Waals surface area (Å²) >= 11 is 1.23. The lowest BCUT2D eigenvalue weighted by molar-refractivity contribution is 0.102. The third-order valence-corrected chi connectivity index (χ3v) is 7.66. The first-order chi connectivity index (χ1) is 13.3. The van der Waals surface area contributed by atoms with Crippen molar-refractivity contribution in [2.24, 2.45) is 0 Å². The lowest BCUT2D eigenvalue weighted by Crippen LogP contribution is -2.05. The molecule has 148 valence electrons. The number of Topliss-reactive ketones (excluding diaryl/α,β-unsaturated/α-hetero) is 1. The van der Waals surface area contributed by atoms with Gasteiger partial charge in [-0.2, -0.15) is 0 Å². The molecule has 0 amide bonds. The Kier molecular flexibility index (Phi) is 4.87. The van der Waals surface area contributed by atoms with Crippen LogP contribution in [-0.4, -0.2) is 35.3 Å². The van der Waals surface area contributed by atoms with Crippen molar-refractivity contribution in [3.8, 4) is 0 Å². The van der Waals surface area contributed by atoms with Gasteiger partial charge < -0.3 is 8.98 Å². The number of fused-ring (bicyclic) bond motifs is 1. The molecule has 8 heteroatoms. The Morgan fingerprint density at radius 3 is 2.71 bits per heavy atom. The number of thioether (sulfide) groups is 1. The number of aromatic nitrogens is 2. The van der Waals surface area contributed by atoms with Crippen molar-refractivity contribution in [1.29, 1.82) is 0 Å². The van der Waals surface area contributed by atoms with Crippen LogP contribution in [0.4, 0.5) is 0 Å². The molecule has 28 heavy (non-hydrogen) atoms. The van der Waals surface area contributed by atoms with Gasteiger partial charge in [0, 0.05) is 23.0 Å². The molecule has 0 atom stereocenters. The Morgan fingerprint density at radius 1 is 1.29 bits per heavy atom. The molecule has 1 saturated carbocycles. The first kappa shape index (κ1) is 19.3. The molecule has 3 aromatic rings. The number of sulfone groups is 1. The van der Waals surface area contributed by atoms with Crippen molar-refractivity contribution < 1.29 is 17.6 Å². The zero-order chi connectivity index (χ0) is 20.1. The van der Waals surface area contributed by atoms with Crippen LogP contribution in [0.5, 0.6) is 0 Å². The summed E-state index contributed by atoms with van der Waals surface area (Å²) in [6, 6.07) is 7.16. The van der Waals surface area contributed by atoms with Crippen LogP contribution >= 0.6 is 11.8 Å². The van der Waals surface area contributed by atoms with Gasteiger partial charge in [0.15, 0.2) is 21.2 Å². The smallest absolute Gasteiger partial charge is 0.257 e. The summed E-state index contributed by atoms with van der Waals surface area (Å²) < 4.78 is 32.0. The third-order valence-electron chi connectivity index (χ3n) is 5.10. The van der Waals surface area contributed by atoms with Gasteiger partial charge in [0.05, 0.1) is 16.4 Å². The van der Waals surface area contributed by atoms with Crippen molar-refractivity contribution in [1.82, 2.24) is 9.55 Å². The molecule has 0 unspecified atom stereocenters. The van der Waals surface area contributed by atoms with Crippen LogP contribution in [0.1, 0.15) is 47.6 Å². The lowest BCUT2D eigenvalue weighted by Gasteiger charge is -2.07. The summed E-state index contributed by atoms with van der Waals surface area (Å²) in [6.45, 7) is 5.64. The maximum atomic E-state index is 12.7. The Bertz CT molecular complexity index is 1170. The number of carbonyl (C=O) groups excluding carboxylic acids is 1. The fourth-order valence-electron chi connectivity index (χ4n) is 3.47. The number of nitrogens with zero attached hydrogens (tertiary/aromatic N) is 2. The van der Waals surface area contributed by atoms with E-state index in [9.17, 15) is 13.2 Å². The highest BCUT2D eigenvalue weighted by molar-refractivity contribution is 7.99. The van der Waals surface area contributed by atoms with Gasteiger partial charge in [0.25, 0.3) is 5.22 Å². The quantitative estimate of drug-likeness (QED) is 0.419. The van der Waals surface area contributed by atoms with Gasteiger partial charge >= 0.3 is 0 Å². The Labute approximate surface area is 168 Å². The molecule has 0 saturated heterocycles. The normalized spacial score (nSPS) is 14.7. The van der Waals surface area contributed by atoms with Gasteiger partial charge in [0.1, 0.15) is 5.52 Å². The fourth-order valence-corrected chi connectivity index (χ4v) is 5.09. The first-order valence-electron chi connectivity index (χ1n) is 9.28. The van der Waals surface area contributed by atoms with E-state index in [0.717, 1.165) is 17.0 Å². The number of aryl methyl sites for hydroxylation is 1. The van der Waals surface area contributed by atoms with Crippen molar-refractivity contribution >= 4 is 38.5 Å². The molecule has 0 aliphatic heterocycles. The van der Waals surface area contributed by atoms with Crippen LogP contribution in [0.2, 0.25) is 0 Å².